The molecule has 7 nitrogen and oxygen atoms in total. The summed E-state index contributed by atoms with van der Waals surface area (Å²) < 4.78 is 0. The molecule has 0 atom stereocenters. The summed E-state index contributed by atoms with van der Waals surface area (Å²) in [7, 11) is 1.53. The van der Waals surface area contributed by atoms with Gasteiger partial charge in [0, 0.05) is 18.8 Å². The molecule has 1 N–H and O–H groups in total. The molecular formula is C14H10N4O3. The van der Waals surface area contributed by atoms with Crippen molar-refractivity contribution in [2.24, 2.45) is 0 Å². The van der Waals surface area contributed by atoms with Crippen molar-refractivity contribution in [2.45, 2.75) is 0 Å². The number of carbonyl (C=O) groups is 3. The Balaban J connectivity index is 1.97. The molecule has 0 aliphatic carbocycles. The highest BCUT2D eigenvalue weighted by atomic mass is 16.2. The minimum absolute atomic E-state index is 0.0883. The fourth-order valence-electron chi connectivity index (χ4n) is 2.12. The van der Waals surface area contributed by atoms with Crippen molar-refractivity contribution in [1.82, 2.24) is 15.3 Å². The largest absolute Gasteiger partial charge is 0.355 e. The summed E-state index contributed by atoms with van der Waals surface area (Å²) >= 11 is 0. The van der Waals surface area contributed by atoms with Gasteiger partial charge in [0.1, 0.15) is 12.0 Å². The number of hydrogen-bond donors (Lipinski definition) is 1. The molecular weight excluding hydrogens is 272 g/mol. The Morgan fingerprint density at radius 1 is 1.14 bits per heavy atom. The van der Waals surface area contributed by atoms with Crippen LogP contribution in [0.2, 0.25) is 0 Å². The Labute approximate surface area is 119 Å². The Morgan fingerprint density at radius 2 is 1.86 bits per heavy atom. The topological polar surface area (TPSA) is 92.3 Å². The van der Waals surface area contributed by atoms with Crippen LogP contribution in [0.25, 0.3) is 0 Å². The zero-order valence-electron chi connectivity index (χ0n) is 11.0. The Hall–Kier alpha value is -3.09. The van der Waals surface area contributed by atoms with Crippen LogP contribution in [0.15, 0.2) is 36.8 Å². The summed E-state index contributed by atoms with van der Waals surface area (Å²) in [6.45, 7) is 0. The molecule has 0 radical (unpaired) electrons. The van der Waals surface area contributed by atoms with E-state index in [1.807, 2.05) is 0 Å². The van der Waals surface area contributed by atoms with Crippen LogP contribution < -0.4 is 10.2 Å². The lowest BCUT2D eigenvalue weighted by Crippen LogP contribution is -2.29. The van der Waals surface area contributed by atoms with E-state index < -0.39 is 11.8 Å². The highest BCUT2D eigenvalue weighted by Crippen LogP contribution is 2.26. The van der Waals surface area contributed by atoms with Crippen molar-refractivity contribution in [3.8, 4) is 0 Å². The van der Waals surface area contributed by atoms with Gasteiger partial charge in [-0.15, -0.1) is 0 Å². The molecule has 1 aromatic heterocycles. The molecule has 1 aliphatic heterocycles. The lowest BCUT2D eigenvalue weighted by Gasteiger charge is -2.13. The van der Waals surface area contributed by atoms with Gasteiger partial charge in [-0.25, -0.2) is 14.9 Å². The minimum Gasteiger partial charge on any atom is -0.355 e. The number of carbonyl (C=O) groups excluding carboxylic acids is 3. The molecule has 7 heteroatoms. The monoisotopic (exact) mass is 282 g/mol. The summed E-state index contributed by atoms with van der Waals surface area (Å²) in [6.07, 6.45) is 2.55. The molecule has 104 valence electrons. The summed E-state index contributed by atoms with van der Waals surface area (Å²) in [5.74, 6) is -1.21. The molecule has 3 rings (SSSR count). The van der Waals surface area contributed by atoms with Crippen LogP contribution in [-0.4, -0.2) is 34.7 Å². The van der Waals surface area contributed by atoms with Crippen molar-refractivity contribution in [3.63, 3.8) is 0 Å². The van der Waals surface area contributed by atoms with Gasteiger partial charge in [0.25, 0.3) is 17.7 Å². The van der Waals surface area contributed by atoms with Gasteiger partial charge in [-0.2, -0.15) is 0 Å². The second kappa shape index (κ2) is 4.78. The molecule has 0 saturated carbocycles. The third kappa shape index (κ3) is 1.95. The van der Waals surface area contributed by atoms with Gasteiger partial charge in [0.05, 0.1) is 11.3 Å². The fraction of sp³-hybridized carbons (Fsp3) is 0.0714. The molecule has 3 amide bonds. The molecule has 0 unspecified atom stereocenters. The number of fused-ring (bicyclic) bond motifs is 1. The first kappa shape index (κ1) is 12.9. The van der Waals surface area contributed by atoms with Crippen molar-refractivity contribution >= 4 is 23.4 Å². The molecule has 21 heavy (non-hydrogen) atoms. The molecule has 0 spiro atoms. The number of anilines is 1. The van der Waals surface area contributed by atoms with E-state index in [1.165, 1.54) is 19.6 Å². The second-order valence-corrected chi connectivity index (χ2v) is 4.36. The highest BCUT2D eigenvalue weighted by molar-refractivity contribution is 6.33. The van der Waals surface area contributed by atoms with Gasteiger partial charge >= 0.3 is 0 Å². The number of nitrogens with zero attached hydrogens (tertiary/aromatic N) is 3. The summed E-state index contributed by atoms with van der Waals surface area (Å²) in [5.41, 5.74) is 1.09. The van der Waals surface area contributed by atoms with E-state index in [2.05, 4.69) is 15.3 Å². The van der Waals surface area contributed by atoms with Gasteiger partial charge in [-0.1, -0.05) is 0 Å². The number of imide groups is 1. The lowest BCUT2D eigenvalue weighted by molar-refractivity contribution is 0.0922. The van der Waals surface area contributed by atoms with Crippen LogP contribution in [0.5, 0.6) is 0 Å². The smallest absolute Gasteiger partial charge is 0.284 e. The Kier molecular flexibility index (Phi) is 2.94. The Bertz CT molecular complexity index is 720. The number of nitrogens with one attached hydrogen (secondary N) is 1. The van der Waals surface area contributed by atoms with E-state index in [9.17, 15) is 14.4 Å². The summed E-state index contributed by atoms with van der Waals surface area (Å²) in [6, 6.07) is 6.17. The van der Waals surface area contributed by atoms with E-state index in [0.717, 1.165) is 4.90 Å². The third-order valence-corrected chi connectivity index (χ3v) is 3.17. The highest BCUT2D eigenvalue weighted by Gasteiger charge is 2.38. The first-order chi connectivity index (χ1) is 10.1. The van der Waals surface area contributed by atoms with E-state index in [1.54, 1.807) is 24.3 Å². The molecule has 0 fully saturated rings. The fourth-order valence-corrected chi connectivity index (χ4v) is 2.12. The standard InChI is InChI=1S/C14H10N4O3/c1-15-12(19)8-2-4-9(5-3-8)18-13(20)10-6-16-7-17-11(10)14(18)21/h2-7H,1H3,(H,15,19). The maximum atomic E-state index is 12.2. The number of rotatable bonds is 2. The van der Waals surface area contributed by atoms with Crippen LogP contribution in [0, 0.1) is 0 Å². The number of amides is 3. The van der Waals surface area contributed by atoms with Crippen LogP contribution >= 0.6 is 0 Å². The quantitative estimate of drug-likeness (QED) is 0.816. The third-order valence-electron chi connectivity index (χ3n) is 3.17. The van der Waals surface area contributed by atoms with Crippen LogP contribution in [0.1, 0.15) is 31.2 Å². The SMILES string of the molecule is CNC(=O)c1ccc(N2C(=O)c3cncnc3C2=O)cc1. The van der Waals surface area contributed by atoms with Crippen molar-refractivity contribution in [1.29, 1.82) is 0 Å². The zero-order valence-corrected chi connectivity index (χ0v) is 11.0. The van der Waals surface area contributed by atoms with Crippen LogP contribution in [0.4, 0.5) is 5.69 Å². The average Bonchev–Trinajstić information content (AvgIpc) is 2.79. The van der Waals surface area contributed by atoms with Crippen molar-refractivity contribution in [3.05, 3.63) is 53.6 Å². The van der Waals surface area contributed by atoms with E-state index in [0.29, 0.717) is 11.3 Å². The van der Waals surface area contributed by atoms with E-state index >= 15 is 0 Å². The van der Waals surface area contributed by atoms with E-state index in [4.69, 9.17) is 0 Å². The zero-order chi connectivity index (χ0) is 15.0. The summed E-state index contributed by atoms with van der Waals surface area (Å²) in [4.78, 5) is 44.5. The molecule has 1 aromatic carbocycles. The normalized spacial score (nSPS) is 13.3. The van der Waals surface area contributed by atoms with Crippen molar-refractivity contribution < 1.29 is 14.4 Å². The van der Waals surface area contributed by atoms with Gasteiger partial charge in [-0.3, -0.25) is 14.4 Å². The predicted octanol–water partition coefficient (Wildman–Crippen LogP) is 0.637. The van der Waals surface area contributed by atoms with Gasteiger partial charge in [-0.05, 0) is 24.3 Å². The van der Waals surface area contributed by atoms with Crippen LogP contribution in [0.3, 0.4) is 0 Å². The molecule has 0 saturated heterocycles. The first-order valence-electron chi connectivity index (χ1n) is 6.14. The Morgan fingerprint density at radius 3 is 2.48 bits per heavy atom. The number of benzene rings is 1. The summed E-state index contributed by atoms with van der Waals surface area (Å²) in [5, 5.41) is 2.50. The average molecular weight is 282 g/mol. The minimum atomic E-state index is -0.495. The number of hydrogen-bond acceptors (Lipinski definition) is 5. The first-order valence-corrected chi connectivity index (χ1v) is 6.14. The molecule has 2 aromatic rings. The van der Waals surface area contributed by atoms with Gasteiger partial charge in [0.15, 0.2) is 0 Å². The molecule has 0 bridgehead atoms. The van der Waals surface area contributed by atoms with Crippen LogP contribution in [-0.2, 0) is 0 Å². The maximum absolute atomic E-state index is 12.2. The predicted molar refractivity (Wildman–Crippen MR) is 73.0 cm³/mol. The lowest BCUT2D eigenvalue weighted by atomic mass is 10.2. The van der Waals surface area contributed by atoms with Gasteiger partial charge < -0.3 is 5.32 Å². The molecule has 2 heterocycles. The maximum Gasteiger partial charge on any atom is 0.284 e. The van der Waals surface area contributed by atoms with E-state index in [-0.39, 0.29) is 17.2 Å². The molecule has 1 aliphatic rings. The van der Waals surface area contributed by atoms with Crippen molar-refractivity contribution in [2.75, 3.05) is 11.9 Å². The van der Waals surface area contributed by atoms with Gasteiger partial charge in [0.2, 0.25) is 0 Å². The number of aromatic nitrogens is 2. The second-order valence-electron chi connectivity index (χ2n) is 4.36.